The van der Waals surface area contributed by atoms with Crippen LogP contribution in [0.2, 0.25) is 0 Å². The molecule has 7 aromatic rings. The molecule has 0 fully saturated rings. The van der Waals surface area contributed by atoms with E-state index in [9.17, 15) is 13.6 Å². The van der Waals surface area contributed by atoms with Crippen LogP contribution in [0.3, 0.4) is 0 Å². The Bertz CT molecular complexity index is 2120. The third-order valence-corrected chi connectivity index (χ3v) is 7.89. The lowest BCUT2D eigenvalue weighted by atomic mass is 10.1. The van der Waals surface area contributed by atoms with Crippen molar-refractivity contribution < 1.29 is 8.78 Å². The van der Waals surface area contributed by atoms with Crippen LogP contribution in [0.25, 0.3) is 22.4 Å². The number of halogens is 3. The van der Waals surface area contributed by atoms with Crippen LogP contribution in [0.4, 0.5) is 8.78 Å². The molecular weight excluding hydrogens is 624 g/mol. The average molecular weight is 653 g/mol. The van der Waals surface area contributed by atoms with Crippen molar-refractivity contribution in [1.29, 1.82) is 0 Å². The number of hydrogen-bond acceptors (Lipinski definition) is 3. The summed E-state index contributed by atoms with van der Waals surface area (Å²) < 4.78 is 32.6. The van der Waals surface area contributed by atoms with Crippen molar-refractivity contribution in [3.63, 3.8) is 0 Å². The van der Waals surface area contributed by atoms with Crippen molar-refractivity contribution in [1.82, 2.24) is 23.3 Å². The molecule has 9 heteroatoms. The van der Waals surface area contributed by atoms with E-state index in [0.717, 1.165) is 55.8 Å². The zero-order valence-corrected chi connectivity index (χ0v) is 25.7. The monoisotopic (exact) mass is 651 g/mol. The van der Waals surface area contributed by atoms with Gasteiger partial charge in [-0.2, -0.15) is 0 Å². The topological polar surface area (TPSA) is 56.6 Å². The molecule has 5 heterocycles. The van der Waals surface area contributed by atoms with Gasteiger partial charge < -0.3 is 13.4 Å². The standard InChI is InChI=1S/C21H18FN3O.C14H10BrFN2/c1-14-9-17(12-24(2)21(14)26)16-5-8-20-23-11-19(25(20)13-16)10-15-3-6-18(22)7-4-15;15-11-3-6-14-17-8-13(18(14)9-11)7-10-1-4-12(16)5-2-10/h3-9,11-13H,10H2,1-2H3;1-6,8-9H,7H2. The molecule has 0 aliphatic rings. The minimum absolute atomic E-state index is 0.00876. The van der Waals surface area contributed by atoms with Crippen molar-refractivity contribution in [2.75, 3.05) is 0 Å². The second-order valence-corrected chi connectivity index (χ2v) is 11.6. The third kappa shape index (κ3) is 6.38. The number of nitrogens with zero attached hydrogens (tertiary/aromatic N) is 5. The maximum atomic E-state index is 13.1. The minimum atomic E-state index is -0.237. The molecule has 220 valence electrons. The van der Waals surface area contributed by atoms with Gasteiger partial charge >= 0.3 is 0 Å². The molecule has 0 unspecified atom stereocenters. The third-order valence-electron chi connectivity index (χ3n) is 7.42. The molecule has 0 aliphatic carbocycles. The highest BCUT2D eigenvalue weighted by Gasteiger charge is 2.09. The summed E-state index contributed by atoms with van der Waals surface area (Å²) in [7, 11) is 1.76. The Labute approximate surface area is 261 Å². The predicted octanol–water partition coefficient (Wildman–Crippen LogP) is 7.57. The van der Waals surface area contributed by atoms with E-state index in [0.29, 0.717) is 12.0 Å². The van der Waals surface area contributed by atoms with E-state index in [2.05, 4.69) is 25.9 Å². The number of aryl methyl sites for hydroxylation is 2. The Morgan fingerprint density at radius 2 is 1.20 bits per heavy atom. The summed E-state index contributed by atoms with van der Waals surface area (Å²) in [5.74, 6) is -0.445. The molecule has 0 atom stereocenters. The molecule has 5 aromatic heterocycles. The van der Waals surface area contributed by atoms with Crippen molar-refractivity contribution >= 4 is 27.2 Å². The van der Waals surface area contributed by atoms with E-state index in [1.54, 1.807) is 35.9 Å². The first-order valence-electron chi connectivity index (χ1n) is 14.0. The first-order chi connectivity index (χ1) is 21.2. The molecular formula is C35H28BrF2N5O. The molecule has 7 rings (SSSR count). The van der Waals surface area contributed by atoms with Crippen LogP contribution in [-0.2, 0) is 19.9 Å². The molecule has 44 heavy (non-hydrogen) atoms. The summed E-state index contributed by atoms with van der Waals surface area (Å²) in [6.45, 7) is 1.82. The summed E-state index contributed by atoms with van der Waals surface area (Å²) >= 11 is 3.45. The Morgan fingerprint density at radius 1 is 0.682 bits per heavy atom. The summed E-state index contributed by atoms with van der Waals surface area (Å²) in [4.78, 5) is 20.7. The highest BCUT2D eigenvalue weighted by atomic mass is 79.9. The second-order valence-electron chi connectivity index (χ2n) is 10.7. The fraction of sp³-hybridized carbons (Fsp3) is 0.114. The van der Waals surface area contributed by atoms with E-state index in [4.69, 9.17) is 0 Å². The van der Waals surface area contributed by atoms with Gasteiger partial charge in [-0.15, -0.1) is 0 Å². The quantitative estimate of drug-likeness (QED) is 0.193. The van der Waals surface area contributed by atoms with E-state index >= 15 is 0 Å². The molecule has 0 amide bonds. The summed E-state index contributed by atoms with van der Waals surface area (Å²) in [5.41, 5.74) is 8.67. The molecule has 0 N–H and O–H groups in total. The van der Waals surface area contributed by atoms with Gasteiger partial charge in [0, 0.05) is 72.3 Å². The number of rotatable bonds is 5. The number of fused-ring (bicyclic) bond motifs is 2. The van der Waals surface area contributed by atoms with Gasteiger partial charge in [0.2, 0.25) is 0 Å². The van der Waals surface area contributed by atoms with Crippen LogP contribution in [0, 0.1) is 18.6 Å². The SMILES string of the molecule is Cc1cc(-c2ccc3ncc(Cc4ccc(F)cc4)n3c2)cn(C)c1=O.Fc1ccc(Cc2cnc3ccc(Br)cn23)cc1. The normalized spacial score (nSPS) is 11.1. The molecule has 0 bridgehead atoms. The van der Waals surface area contributed by atoms with Crippen LogP contribution < -0.4 is 5.56 Å². The first kappa shape index (κ1) is 29.2. The van der Waals surface area contributed by atoms with Crippen LogP contribution in [0.5, 0.6) is 0 Å². The molecule has 0 aliphatic heterocycles. The van der Waals surface area contributed by atoms with Gasteiger partial charge in [-0.25, -0.2) is 18.7 Å². The van der Waals surface area contributed by atoms with Crippen LogP contribution in [0.1, 0.15) is 28.1 Å². The van der Waals surface area contributed by atoms with Crippen LogP contribution >= 0.6 is 15.9 Å². The Balaban J connectivity index is 0.000000167. The molecule has 0 spiro atoms. The maximum absolute atomic E-state index is 13.1. The van der Waals surface area contributed by atoms with Gasteiger partial charge in [-0.3, -0.25) is 4.79 Å². The number of aromatic nitrogens is 5. The fourth-order valence-electron chi connectivity index (χ4n) is 5.13. The Morgan fingerprint density at radius 3 is 1.75 bits per heavy atom. The highest BCUT2D eigenvalue weighted by Crippen LogP contribution is 2.22. The predicted molar refractivity (Wildman–Crippen MR) is 172 cm³/mol. The summed E-state index contributed by atoms with van der Waals surface area (Å²) in [6.07, 6.45) is 10.9. The number of hydrogen-bond donors (Lipinski definition) is 0. The zero-order valence-electron chi connectivity index (χ0n) is 24.1. The minimum Gasteiger partial charge on any atom is -0.318 e. The lowest BCUT2D eigenvalue weighted by Crippen LogP contribution is -2.18. The fourth-order valence-corrected chi connectivity index (χ4v) is 5.46. The Kier molecular flexibility index (Phi) is 8.21. The van der Waals surface area contributed by atoms with Crippen molar-refractivity contribution in [2.24, 2.45) is 7.05 Å². The van der Waals surface area contributed by atoms with Crippen molar-refractivity contribution in [2.45, 2.75) is 19.8 Å². The molecule has 0 radical (unpaired) electrons. The number of imidazole rings is 2. The van der Waals surface area contributed by atoms with E-state index in [-0.39, 0.29) is 17.2 Å². The van der Waals surface area contributed by atoms with Gasteiger partial charge in [-0.1, -0.05) is 24.3 Å². The average Bonchev–Trinajstić information content (AvgIpc) is 3.61. The Hall–Kier alpha value is -4.89. The first-order valence-corrected chi connectivity index (χ1v) is 14.8. The van der Waals surface area contributed by atoms with Crippen molar-refractivity contribution in [3.05, 3.63) is 164 Å². The van der Waals surface area contributed by atoms with E-state index in [1.165, 1.54) is 24.3 Å². The lowest BCUT2D eigenvalue weighted by molar-refractivity contribution is 0.626. The van der Waals surface area contributed by atoms with Gasteiger partial charge in [0.25, 0.3) is 5.56 Å². The van der Waals surface area contributed by atoms with Gasteiger partial charge in [-0.05, 0) is 99.7 Å². The number of pyridine rings is 3. The summed E-state index contributed by atoms with van der Waals surface area (Å²) in [5, 5.41) is 0. The molecule has 0 saturated heterocycles. The smallest absolute Gasteiger partial charge is 0.253 e. The van der Waals surface area contributed by atoms with Gasteiger partial charge in [0.15, 0.2) is 0 Å². The molecule has 0 saturated carbocycles. The molecule has 2 aromatic carbocycles. The zero-order chi connectivity index (χ0) is 30.8. The second kappa shape index (κ2) is 12.4. The van der Waals surface area contributed by atoms with Gasteiger partial charge in [0.05, 0.1) is 0 Å². The number of benzene rings is 2. The van der Waals surface area contributed by atoms with Gasteiger partial charge in [0.1, 0.15) is 22.9 Å². The molecule has 6 nitrogen and oxygen atoms in total. The van der Waals surface area contributed by atoms with Crippen LogP contribution in [0.15, 0.2) is 119 Å². The summed E-state index contributed by atoms with van der Waals surface area (Å²) in [6, 6.07) is 22.9. The highest BCUT2D eigenvalue weighted by molar-refractivity contribution is 9.10. The lowest BCUT2D eigenvalue weighted by Gasteiger charge is -2.08. The maximum Gasteiger partial charge on any atom is 0.253 e. The van der Waals surface area contributed by atoms with Crippen molar-refractivity contribution in [3.8, 4) is 11.1 Å². The van der Waals surface area contributed by atoms with E-state index < -0.39 is 0 Å². The van der Waals surface area contributed by atoms with E-state index in [1.807, 2.05) is 77.0 Å². The van der Waals surface area contributed by atoms with Crippen LogP contribution in [-0.4, -0.2) is 23.3 Å². The largest absolute Gasteiger partial charge is 0.318 e.